The molecule has 0 aromatic carbocycles. The minimum Gasteiger partial charge on any atom is -0.298 e. The number of nitrogens with zero attached hydrogens (tertiary/aromatic N) is 1. The summed E-state index contributed by atoms with van der Waals surface area (Å²) >= 11 is 3.51. The molecule has 1 heterocycles. The first-order valence-corrected chi connectivity index (χ1v) is 8.06. The molecular formula is C14H21BrN2O. The summed E-state index contributed by atoms with van der Waals surface area (Å²) in [5.74, 6) is 0.567. The van der Waals surface area contributed by atoms with Gasteiger partial charge in [-0.1, -0.05) is 32.1 Å². The minimum atomic E-state index is 0.156. The van der Waals surface area contributed by atoms with Crippen LogP contribution in [0.15, 0.2) is 9.27 Å². The average Bonchev–Trinajstić information content (AvgIpc) is 3.01. The molecule has 100 valence electrons. The maximum atomic E-state index is 12.3. The largest absolute Gasteiger partial charge is 0.298 e. The molecular weight excluding hydrogens is 292 g/mol. The number of aromatic nitrogens is 2. The fourth-order valence-corrected chi connectivity index (χ4v) is 4.14. The van der Waals surface area contributed by atoms with Gasteiger partial charge in [-0.25, -0.2) is 4.68 Å². The third-order valence-corrected chi connectivity index (χ3v) is 5.35. The Bertz CT molecular complexity index is 465. The van der Waals surface area contributed by atoms with Crippen LogP contribution in [0.5, 0.6) is 0 Å². The third-order valence-electron chi connectivity index (χ3n) is 4.59. The van der Waals surface area contributed by atoms with Gasteiger partial charge >= 0.3 is 0 Å². The molecule has 1 aromatic heterocycles. The van der Waals surface area contributed by atoms with Crippen LogP contribution in [0.3, 0.4) is 0 Å². The first-order valence-electron chi connectivity index (χ1n) is 7.27. The predicted molar refractivity (Wildman–Crippen MR) is 76.1 cm³/mol. The van der Waals surface area contributed by atoms with Crippen LogP contribution < -0.4 is 5.56 Å². The topological polar surface area (TPSA) is 37.8 Å². The van der Waals surface area contributed by atoms with Gasteiger partial charge in [-0.3, -0.25) is 9.89 Å². The van der Waals surface area contributed by atoms with Crippen molar-refractivity contribution in [3.8, 4) is 0 Å². The number of rotatable bonds is 2. The molecule has 0 spiro atoms. The van der Waals surface area contributed by atoms with Crippen LogP contribution in [-0.2, 0) is 0 Å². The van der Waals surface area contributed by atoms with Crippen molar-refractivity contribution in [2.45, 2.75) is 69.7 Å². The van der Waals surface area contributed by atoms with Gasteiger partial charge in [0.1, 0.15) is 4.47 Å². The van der Waals surface area contributed by atoms with Crippen molar-refractivity contribution in [2.24, 2.45) is 0 Å². The lowest BCUT2D eigenvalue weighted by atomic mass is 9.96. The number of aromatic amines is 1. The Balaban J connectivity index is 1.90. The van der Waals surface area contributed by atoms with Crippen LogP contribution in [0.25, 0.3) is 0 Å². The van der Waals surface area contributed by atoms with Gasteiger partial charge in [0.05, 0.1) is 11.7 Å². The fraction of sp³-hybridized carbons (Fsp3) is 0.786. The molecule has 4 heteroatoms. The number of H-pyrrole nitrogens is 1. The molecule has 2 aliphatic rings. The number of hydrogen-bond donors (Lipinski definition) is 1. The molecule has 1 aromatic rings. The van der Waals surface area contributed by atoms with E-state index in [-0.39, 0.29) is 5.56 Å². The first-order chi connectivity index (χ1) is 8.77. The van der Waals surface area contributed by atoms with Crippen molar-refractivity contribution in [2.75, 3.05) is 0 Å². The van der Waals surface area contributed by atoms with E-state index in [1.54, 1.807) is 0 Å². The second kappa shape index (κ2) is 5.24. The highest BCUT2D eigenvalue weighted by molar-refractivity contribution is 9.10. The zero-order valence-electron chi connectivity index (χ0n) is 10.8. The Labute approximate surface area is 116 Å². The summed E-state index contributed by atoms with van der Waals surface area (Å²) in [5, 5.41) is 3.42. The van der Waals surface area contributed by atoms with E-state index in [0.29, 0.717) is 12.0 Å². The first kappa shape index (κ1) is 12.5. The van der Waals surface area contributed by atoms with Crippen LogP contribution in [0.4, 0.5) is 0 Å². The zero-order chi connectivity index (χ0) is 12.5. The Morgan fingerprint density at radius 2 is 1.61 bits per heavy atom. The van der Waals surface area contributed by atoms with Gasteiger partial charge in [-0.15, -0.1) is 0 Å². The quantitative estimate of drug-likeness (QED) is 0.877. The fourth-order valence-electron chi connectivity index (χ4n) is 3.53. The highest BCUT2D eigenvalue weighted by Crippen LogP contribution is 2.36. The van der Waals surface area contributed by atoms with Gasteiger partial charge in [-0.2, -0.15) is 0 Å². The lowest BCUT2D eigenvalue weighted by molar-refractivity contribution is 0.321. The minimum absolute atomic E-state index is 0.156. The van der Waals surface area contributed by atoms with Crippen LogP contribution in [0, 0.1) is 0 Å². The lowest BCUT2D eigenvalue weighted by Gasteiger charge is -2.22. The number of hydrogen-bond acceptors (Lipinski definition) is 1. The van der Waals surface area contributed by atoms with Crippen LogP contribution in [0.2, 0.25) is 0 Å². The monoisotopic (exact) mass is 312 g/mol. The van der Waals surface area contributed by atoms with E-state index in [1.165, 1.54) is 44.9 Å². The van der Waals surface area contributed by atoms with Crippen molar-refractivity contribution in [3.63, 3.8) is 0 Å². The van der Waals surface area contributed by atoms with E-state index >= 15 is 0 Å². The predicted octanol–water partition coefficient (Wildman–Crippen LogP) is 4.10. The van der Waals surface area contributed by atoms with Crippen LogP contribution in [0.1, 0.15) is 75.4 Å². The summed E-state index contributed by atoms with van der Waals surface area (Å²) < 4.78 is 2.69. The van der Waals surface area contributed by atoms with Gasteiger partial charge in [0.25, 0.3) is 5.56 Å². The number of nitrogens with one attached hydrogen (secondary N) is 1. The van der Waals surface area contributed by atoms with Gasteiger partial charge in [0.15, 0.2) is 0 Å². The summed E-state index contributed by atoms with van der Waals surface area (Å²) in [4.78, 5) is 12.3. The molecule has 3 rings (SSSR count). The molecule has 18 heavy (non-hydrogen) atoms. The molecule has 2 fully saturated rings. The molecule has 0 unspecified atom stereocenters. The van der Waals surface area contributed by atoms with Gasteiger partial charge < -0.3 is 0 Å². The Kier molecular flexibility index (Phi) is 3.64. The van der Waals surface area contributed by atoms with Crippen molar-refractivity contribution in [1.82, 2.24) is 9.78 Å². The van der Waals surface area contributed by atoms with Crippen molar-refractivity contribution in [3.05, 3.63) is 20.5 Å². The van der Waals surface area contributed by atoms with Gasteiger partial charge in [-0.05, 0) is 41.6 Å². The Morgan fingerprint density at radius 1 is 1.00 bits per heavy atom. The SMILES string of the molecule is O=c1c(Br)c(C2CCCC2)[nH]n1C1CCCCC1. The molecule has 0 amide bonds. The second-order valence-electron chi connectivity index (χ2n) is 5.79. The zero-order valence-corrected chi connectivity index (χ0v) is 12.3. The molecule has 2 aliphatic carbocycles. The molecule has 0 saturated heterocycles. The molecule has 1 N–H and O–H groups in total. The summed E-state index contributed by atoms with van der Waals surface area (Å²) in [5.41, 5.74) is 1.31. The molecule has 0 atom stereocenters. The summed E-state index contributed by atoms with van der Waals surface area (Å²) in [6, 6.07) is 0.401. The van der Waals surface area contributed by atoms with E-state index in [2.05, 4.69) is 21.0 Å². The Morgan fingerprint density at radius 3 is 2.28 bits per heavy atom. The van der Waals surface area contributed by atoms with Gasteiger partial charge in [0, 0.05) is 5.92 Å². The molecule has 0 bridgehead atoms. The van der Waals surface area contributed by atoms with E-state index in [0.717, 1.165) is 23.0 Å². The second-order valence-corrected chi connectivity index (χ2v) is 6.58. The number of halogens is 1. The standard InChI is InChI=1S/C14H21BrN2O/c15-12-13(10-6-4-5-7-10)16-17(14(12)18)11-8-2-1-3-9-11/h10-11,16H,1-9H2. The highest BCUT2D eigenvalue weighted by Gasteiger charge is 2.26. The summed E-state index contributed by atoms with van der Waals surface area (Å²) in [6.45, 7) is 0. The smallest absolute Gasteiger partial charge is 0.281 e. The van der Waals surface area contributed by atoms with Gasteiger partial charge in [0.2, 0.25) is 0 Å². The van der Waals surface area contributed by atoms with Crippen molar-refractivity contribution in [1.29, 1.82) is 0 Å². The van der Waals surface area contributed by atoms with Crippen molar-refractivity contribution >= 4 is 15.9 Å². The molecule has 3 nitrogen and oxygen atoms in total. The maximum absolute atomic E-state index is 12.3. The van der Waals surface area contributed by atoms with E-state index < -0.39 is 0 Å². The van der Waals surface area contributed by atoms with Crippen LogP contribution in [-0.4, -0.2) is 9.78 Å². The average molecular weight is 313 g/mol. The molecule has 0 aliphatic heterocycles. The normalized spacial score (nSPS) is 22.7. The van der Waals surface area contributed by atoms with Crippen molar-refractivity contribution < 1.29 is 0 Å². The molecule has 0 radical (unpaired) electrons. The van der Waals surface area contributed by atoms with E-state index in [9.17, 15) is 4.79 Å². The van der Waals surface area contributed by atoms with Crippen LogP contribution >= 0.6 is 15.9 Å². The maximum Gasteiger partial charge on any atom is 0.281 e. The Hall–Kier alpha value is -0.510. The van der Waals surface area contributed by atoms with E-state index in [1.807, 2.05) is 4.68 Å². The van der Waals surface area contributed by atoms with E-state index in [4.69, 9.17) is 0 Å². The molecule has 2 saturated carbocycles. The highest BCUT2D eigenvalue weighted by atomic mass is 79.9. The third kappa shape index (κ3) is 2.20. The lowest BCUT2D eigenvalue weighted by Crippen LogP contribution is -2.24. The summed E-state index contributed by atoms with van der Waals surface area (Å²) in [7, 11) is 0. The summed E-state index contributed by atoms with van der Waals surface area (Å²) in [6.07, 6.45) is 11.2.